The Morgan fingerprint density at radius 3 is 1.76 bits per heavy atom. The topological polar surface area (TPSA) is 423 Å². The van der Waals surface area contributed by atoms with E-state index < -0.39 is 90.0 Å². The molecule has 0 saturated carbocycles. The van der Waals surface area contributed by atoms with E-state index in [0.717, 1.165) is 111 Å². The van der Waals surface area contributed by atoms with Gasteiger partial charge in [0.25, 0.3) is 11.4 Å². The van der Waals surface area contributed by atoms with E-state index in [-0.39, 0.29) is 55.8 Å². The number of hydrogen-bond donors (Lipinski definition) is 6. The Balaban J connectivity index is 0.000000250. The Morgan fingerprint density at radius 2 is 1.24 bits per heavy atom. The number of sulfone groups is 1. The van der Waals surface area contributed by atoms with Gasteiger partial charge in [0, 0.05) is 114 Å². The quantitative estimate of drug-likeness (QED) is 0.0159. The number of nitro groups is 3. The number of H-pyrrole nitrogens is 1. The third kappa shape index (κ3) is 23.0. The number of ether oxygens (including phenoxy) is 4. The number of rotatable bonds is 22. The number of nitrogens with zero attached hydrogens (tertiary/aromatic N) is 6. The lowest BCUT2D eigenvalue weighted by Gasteiger charge is -2.39. The van der Waals surface area contributed by atoms with Gasteiger partial charge in [0.05, 0.1) is 65.1 Å². The summed E-state index contributed by atoms with van der Waals surface area (Å²) in [6.45, 7) is 13.2. The number of halogens is 4. The Labute approximate surface area is 622 Å². The first-order valence-electron chi connectivity index (χ1n) is 35.0. The predicted molar refractivity (Wildman–Crippen MR) is 397 cm³/mol. The minimum Gasteiger partial charge on any atom is -0.455 e. The molecule has 4 saturated heterocycles. The number of carbonyl (C=O) groups excluding carboxylic acids is 1. The number of aromatic nitrogens is 2. The fraction of sp³-hybridized carbons (Fsp3) is 0.444. The Kier molecular flexibility index (Phi) is 28.0. The summed E-state index contributed by atoms with van der Waals surface area (Å²) in [5.41, 5.74) is 8.75. The van der Waals surface area contributed by atoms with Crippen molar-refractivity contribution in [2.75, 3.05) is 93.5 Å². The van der Waals surface area contributed by atoms with E-state index in [1.165, 1.54) is 61.0 Å². The number of sulfonamides is 2. The molecule has 0 amide bonds. The molecule has 7 aromatic rings. The van der Waals surface area contributed by atoms with E-state index in [4.69, 9.17) is 35.0 Å². The fourth-order valence-corrected chi connectivity index (χ4v) is 15.3. The number of fused-ring (bicyclic) bond motifs is 1. The van der Waals surface area contributed by atoms with Crippen molar-refractivity contribution in [3.63, 3.8) is 0 Å². The van der Waals surface area contributed by atoms with Gasteiger partial charge in [-0.05, 0) is 179 Å². The highest BCUT2D eigenvalue weighted by atomic mass is 32.2. The average molecular weight is 1570 g/mol. The van der Waals surface area contributed by atoms with Crippen molar-refractivity contribution in [3.8, 4) is 11.5 Å². The molecule has 5 aliphatic rings. The number of nitrogens with two attached hydrogens (primary N) is 3. The molecule has 0 bridgehead atoms. The number of primary sulfonamides is 2. The third-order valence-electron chi connectivity index (χ3n) is 19.0. The highest BCUT2D eigenvalue weighted by Gasteiger charge is 2.35. The van der Waals surface area contributed by atoms with Crippen molar-refractivity contribution in [2.45, 2.75) is 137 Å². The predicted octanol–water partition coefficient (Wildman–Crippen LogP) is 12.1. The standard InChI is InChI=1S/C48H53F3N6O7S.C12H17N3O5S.C6H5FN2O4S.C6H13NO/c1-31-22-34(48(49,50)51)7-10-39(31)41-26-47(2,3)15-13-33(41)29-55-17-19-56(20-18-55)35-8-11-40(45(24-35)64-37-23-32-14-16-52-46(32)54-28-37)44(58)30-65(61,62)38-9-12-42(43(25-38)57(59)60)53-27-36-6-4-5-21-63-36;13-21(18,19)10-4-5-11(12(7-10)15(16)17)14-8-9-3-1-2-6-20-9;7-5-2-1-4(14(8,12)13)3-6(5)9(10)11;7-5-6-3-1-2-4-8-6/h7-12,14,16,22-25,28,36,53H,4-6,13,15,17-21,26-27,29-30H2,1-3H3,(H,52,54);4-5,7,9,14H,1-3,6,8H2,(H2,13,18,19);1-3H,(H2,8,12,13);6H,1-5,7H2. The van der Waals surface area contributed by atoms with Gasteiger partial charge in [-0.1, -0.05) is 25.5 Å². The van der Waals surface area contributed by atoms with Gasteiger partial charge >= 0.3 is 11.9 Å². The number of Topliss-reactive ketones (excluding diaryl/α,β-unsaturated/α-hetero) is 1. The molecule has 9 N–H and O–H groups in total. The molecule has 3 atom stereocenters. The number of nitrogens with one attached hydrogen (secondary N) is 3. The number of aromatic amines is 1. The van der Waals surface area contributed by atoms with E-state index in [0.29, 0.717) is 101 Å². The first kappa shape index (κ1) is 82.9. The highest BCUT2D eigenvalue weighted by molar-refractivity contribution is 7.92. The summed E-state index contributed by atoms with van der Waals surface area (Å²) in [5.74, 6) is -2.37. The molecule has 1 aliphatic carbocycles. The van der Waals surface area contributed by atoms with E-state index in [1.54, 1.807) is 43.5 Å². The van der Waals surface area contributed by atoms with Gasteiger partial charge in [-0.25, -0.2) is 40.5 Å². The van der Waals surface area contributed by atoms with Crippen LogP contribution in [-0.4, -0.2) is 157 Å². The number of pyridine rings is 1. The van der Waals surface area contributed by atoms with Crippen molar-refractivity contribution in [1.82, 2.24) is 14.9 Å². The normalized spacial score (nSPS) is 18.6. The molecular formula is C72H88F4N12O17S3. The Bertz CT molecular complexity index is 4770. The summed E-state index contributed by atoms with van der Waals surface area (Å²) >= 11 is 0. The number of carbonyl (C=O) groups is 1. The van der Waals surface area contributed by atoms with Crippen molar-refractivity contribution in [2.24, 2.45) is 21.4 Å². The van der Waals surface area contributed by atoms with Crippen LogP contribution < -0.4 is 36.3 Å². The van der Waals surface area contributed by atoms with Crippen LogP contribution in [0.5, 0.6) is 11.5 Å². The van der Waals surface area contributed by atoms with Crippen LogP contribution in [0.25, 0.3) is 16.6 Å². The van der Waals surface area contributed by atoms with Crippen molar-refractivity contribution in [3.05, 3.63) is 180 Å². The molecule has 29 nitrogen and oxygen atoms in total. The van der Waals surface area contributed by atoms with Crippen molar-refractivity contribution in [1.29, 1.82) is 0 Å². The molecule has 584 valence electrons. The molecule has 0 spiro atoms. The molecule has 108 heavy (non-hydrogen) atoms. The average Bonchev–Trinajstić information content (AvgIpc) is 0.837. The SMILES string of the molecule is Cc1cc(C(F)(F)F)ccc1C1=C(CN2CCN(c3ccc(C(=O)CS(=O)(=O)c4ccc(NCC5CCCCO5)c([N+](=O)[O-])c4)c(Oc4cnc5[nH]ccc5c4)c3)CC2)CCC(C)(C)C1.NCC1CCCCO1.NS(=O)(=O)c1ccc(F)c([N+](=O)[O-])c1.NS(=O)(=O)c1ccc(NCC2CCCCO2)c([N+](=O)[O-])c1. The second-order valence-electron chi connectivity index (χ2n) is 27.6. The first-order chi connectivity index (χ1) is 51.0. The lowest BCUT2D eigenvalue weighted by molar-refractivity contribution is -0.387. The Morgan fingerprint density at radius 1 is 0.694 bits per heavy atom. The van der Waals surface area contributed by atoms with E-state index >= 15 is 0 Å². The van der Waals surface area contributed by atoms with Gasteiger partial charge in [0.15, 0.2) is 15.6 Å². The molecule has 4 aliphatic heterocycles. The highest BCUT2D eigenvalue weighted by Crippen LogP contribution is 2.45. The van der Waals surface area contributed by atoms with Gasteiger partial charge in [0.1, 0.15) is 34.3 Å². The molecule has 0 radical (unpaired) electrons. The number of allylic oxidation sites excluding steroid dienone is 1. The van der Waals surface area contributed by atoms with Crippen LogP contribution in [0.2, 0.25) is 0 Å². The first-order valence-corrected chi connectivity index (χ1v) is 39.8. The van der Waals surface area contributed by atoms with E-state index in [2.05, 4.69) is 44.2 Å². The molecule has 4 fully saturated rings. The maximum Gasteiger partial charge on any atom is 0.416 e. The van der Waals surface area contributed by atoms with Crippen LogP contribution in [0.3, 0.4) is 0 Å². The number of hydrogen-bond acceptors (Lipinski definition) is 23. The van der Waals surface area contributed by atoms with Gasteiger partial charge in [-0.2, -0.15) is 17.6 Å². The van der Waals surface area contributed by atoms with Crippen LogP contribution in [0.4, 0.5) is 51.7 Å². The van der Waals surface area contributed by atoms with Crippen LogP contribution in [0, 0.1) is 48.5 Å². The number of alkyl halides is 3. The van der Waals surface area contributed by atoms with Gasteiger partial charge in [0.2, 0.25) is 25.9 Å². The van der Waals surface area contributed by atoms with E-state index in [9.17, 15) is 78.0 Å². The number of anilines is 3. The maximum absolute atomic E-state index is 14.0. The smallest absolute Gasteiger partial charge is 0.416 e. The summed E-state index contributed by atoms with van der Waals surface area (Å²) in [7, 11) is -12.4. The van der Waals surface area contributed by atoms with Gasteiger partial charge in [-0.15, -0.1) is 0 Å². The minimum absolute atomic E-state index is 0.0104. The van der Waals surface area contributed by atoms with Crippen LogP contribution in [-0.2, 0) is 50.3 Å². The summed E-state index contributed by atoms with van der Waals surface area (Å²) in [4.78, 5) is 55.9. The second-order valence-corrected chi connectivity index (χ2v) is 32.7. The largest absolute Gasteiger partial charge is 0.455 e. The van der Waals surface area contributed by atoms with Crippen molar-refractivity contribution >= 4 is 86.4 Å². The molecule has 36 heteroatoms. The maximum atomic E-state index is 14.0. The van der Waals surface area contributed by atoms with Gasteiger partial charge < -0.3 is 45.2 Å². The number of benzene rings is 5. The zero-order chi connectivity index (χ0) is 78.3. The van der Waals surface area contributed by atoms with Crippen molar-refractivity contribution < 1.29 is 81.3 Å². The van der Waals surface area contributed by atoms with Crippen LogP contribution in [0.15, 0.2) is 136 Å². The zero-order valence-electron chi connectivity index (χ0n) is 59.8. The fourth-order valence-electron chi connectivity index (χ4n) is 13.0. The molecule has 3 unspecified atom stereocenters. The molecule has 2 aromatic heterocycles. The van der Waals surface area contributed by atoms with E-state index in [1.807, 2.05) is 6.07 Å². The number of aryl methyl sites for hydroxylation is 1. The second kappa shape index (κ2) is 36.4. The van der Waals surface area contributed by atoms with Crippen LogP contribution >= 0.6 is 0 Å². The number of piperazine rings is 1. The molecule has 5 aromatic carbocycles. The summed E-state index contributed by atoms with van der Waals surface area (Å²) < 4.78 is 148. The zero-order valence-corrected chi connectivity index (χ0v) is 62.2. The molecular weight excluding hydrogens is 1480 g/mol. The molecule has 6 heterocycles. The third-order valence-corrected chi connectivity index (χ3v) is 22.4. The van der Waals surface area contributed by atoms with Gasteiger partial charge in [-0.3, -0.25) is 40.0 Å². The molecule has 12 rings (SSSR count). The van der Waals surface area contributed by atoms with Crippen LogP contribution in [0.1, 0.15) is 118 Å². The summed E-state index contributed by atoms with van der Waals surface area (Å²) in [5, 5.41) is 49.8. The minimum atomic E-state index is -4.41. The lowest BCUT2D eigenvalue weighted by Crippen LogP contribution is -2.47. The Hall–Kier alpha value is -9.11. The number of nitro benzene ring substituents is 3. The summed E-state index contributed by atoms with van der Waals surface area (Å²) in [6, 6.07) is 21.9. The summed E-state index contributed by atoms with van der Waals surface area (Å²) in [6.07, 6.45) is 11.1. The lowest BCUT2D eigenvalue weighted by atomic mass is 9.72. The monoisotopic (exact) mass is 1560 g/mol. The number of ketones is 1.